The van der Waals surface area contributed by atoms with E-state index >= 15 is 0 Å². The molecule has 0 atom stereocenters. The zero-order valence-corrected chi connectivity index (χ0v) is 9.07. The first kappa shape index (κ1) is 13.3. The second-order valence-corrected chi connectivity index (χ2v) is 2.82. The summed E-state index contributed by atoms with van der Waals surface area (Å²) in [6.45, 7) is 12.8. The third kappa shape index (κ3) is 9.74. The zero-order valence-electron chi connectivity index (χ0n) is 9.07. The molecule has 0 heterocycles. The summed E-state index contributed by atoms with van der Waals surface area (Å²) in [6.07, 6.45) is 4.92. The predicted octanol–water partition coefficient (Wildman–Crippen LogP) is 4.42. The molecule has 0 amide bonds. The van der Waals surface area contributed by atoms with Gasteiger partial charge in [0.2, 0.25) is 0 Å². The van der Waals surface area contributed by atoms with Crippen molar-refractivity contribution in [2.24, 2.45) is 5.92 Å². The maximum Gasteiger partial charge on any atom is -0.0236 e. The van der Waals surface area contributed by atoms with Crippen molar-refractivity contribution in [1.29, 1.82) is 0 Å². The van der Waals surface area contributed by atoms with Crippen molar-refractivity contribution < 1.29 is 0 Å². The van der Waals surface area contributed by atoms with Gasteiger partial charge in [0.25, 0.3) is 0 Å². The van der Waals surface area contributed by atoms with E-state index in [1.165, 1.54) is 18.4 Å². The van der Waals surface area contributed by atoms with Gasteiger partial charge in [0.05, 0.1) is 0 Å². The maximum absolute atomic E-state index is 2.36. The Hall–Kier alpha value is -0.260. The SMILES string of the molecule is CC.CCC(C=C(C)C)CC. The van der Waals surface area contributed by atoms with Gasteiger partial charge >= 0.3 is 0 Å². The molecule has 0 nitrogen and oxygen atoms in total. The highest BCUT2D eigenvalue weighted by molar-refractivity contribution is 4.96. The number of hydrogen-bond acceptors (Lipinski definition) is 0. The quantitative estimate of drug-likeness (QED) is 0.531. The highest BCUT2D eigenvalue weighted by Gasteiger charge is 1.96. The summed E-state index contributed by atoms with van der Waals surface area (Å²) >= 11 is 0. The van der Waals surface area contributed by atoms with Crippen LogP contribution in [0.2, 0.25) is 0 Å². The van der Waals surface area contributed by atoms with Crippen LogP contribution in [0.4, 0.5) is 0 Å². The first-order valence-corrected chi connectivity index (χ1v) is 4.85. The second kappa shape index (κ2) is 9.74. The Bertz CT molecular complexity index is 82.2. The molecule has 0 bridgehead atoms. The van der Waals surface area contributed by atoms with Crippen molar-refractivity contribution >= 4 is 0 Å². The minimum Gasteiger partial charge on any atom is -0.0828 e. The Labute approximate surface area is 72.7 Å². The third-order valence-corrected chi connectivity index (χ3v) is 1.62. The molecule has 0 unspecified atom stereocenters. The molecule has 11 heavy (non-hydrogen) atoms. The van der Waals surface area contributed by atoms with Gasteiger partial charge in [-0.05, 0) is 32.6 Å². The summed E-state index contributed by atoms with van der Waals surface area (Å²) in [4.78, 5) is 0. The van der Waals surface area contributed by atoms with Crippen LogP contribution >= 0.6 is 0 Å². The molecular weight excluding hydrogens is 132 g/mol. The lowest BCUT2D eigenvalue weighted by atomic mass is 10.0. The largest absolute Gasteiger partial charge is 0.0828 e. The van der Waals surface area contributed by atoms with E-state index in [1.54, 1.807) is 0 Å². The average Bonchev–Trinajstić information content (AvgIpc) is 2.03. The molecule has 0 aliphatic rings. The minimum absolute atomic E-state index is 0.815. The lowest BCUT2D eigenvalue weighted by molar-refractivity contribution is 0.602. The van der Waals surface area contributed by atoms with Crippen molar-refractivity contribution in [1.82, 2.24) is 0 Å². The Kier molecular flexibility index (Phi) is 11.8. The van der Waals surface area contributed by atoms with Crippen molar-refractivity contribution in [3.05, 3.63) is 11.6 Å². The van der Waals surface area contributed by atoms with Crippen LogP contribution in [0.3, 0.4) is 0 Å². The van der Waals surface area contributed by atoms with Crippen LogP contribution in [0.15, 0.2) is 11.6 Å². The topological polar surface area (TPSA) is 0 Å². The predicted molar refractivity (Wildman–Crippen MR) is 54.9 cm³/mol. The number of allylic oxidation sites excluding steroid dienone is 2. The van der Waals surface area contributed by atoms with E-state index < -0.39 is 0 Å². The fourth-order valence-electron chi connectivity index (χ4n) is 0.996. The molecule has 0 aromatic heterocycles. The molecule has 0 aromatic carbocycles. The summed E-state index contributed by atoms with van der Waals surface area (Å²) in [5, 5.41) is 0. The number of hydrogen-bond donors (Lipinski definition) is 0. The first-order valence-electron chi connectivity index (χ1n) is 4.85. The fraction of sp³-hybridized carbons (Fsp3) is 0.818. The third-order valence-electron chi connectivity index (χ3n) is 1.62. The first-order chi connectivity index (χ1) is 5.20. The van der Waals surface area contributed by atoms with Gasteiger partial charge in [0, 0.05) is 0 Å². The monoisotopic (exact) mass is 156 g/mol. The van der Waals surface area contributed by atoms with Crippen molar-refractivity contribution in [3.63, 3.8) is 0 Å². The van der Waals surface area contributed by atoms with E-state index in [0.717, 1.165) is 5.92 Å². The van der Waals surface area contributed by atoms with Crippen LogP contribution < -0.4 is 0 Å². The molecular formula is C11H24. The molecule has 0 saturated heterocycles. The maximum atomic E-state index is 2.36. The molecule has 0 N–H and O–H groups in total. The van der Waals surface area contributed by atoms with E-state index in [0.29, 0.717) is 0 Å². The molecule has 0 rings (SSSR count). The van der Waals surface area contributed by atoms with Crippen molar-refractivity contribution in [2.75, 3.05) is 0 Å². The average molecular weight is 156 g/mol. The van der Waals surface area contributed by atoms with Crippen LogP contribution in [0, 0.1) is 5.92 Å². The van der Waals surface area contributed by atoms with Crippen LogP contribution in [0.1, 0.15) is 54.4 Å². The Morgan fingerprint density at radius 3 is 1.55 bits per heavy atom. The number of rotatable bonds is 3. The molecule has 0 heteroatoms. The standard InChI is InChI=1S/C9H18.C2H6/c1-5-9(6-2)7-8(3)4;1-2/h7,9H,5-6H2,1-4H3;1-2H3. The van der Waals surface area contributed by atoms with Gasteiger partial charge in [-0.1, -0.05) is 39.3 Å². The summed E-state index contributed by atoms with van der Waals surface area (Å²) in [5.74, 6) is 0.815. The molecule has 0 radical (unpaired) electrons. The normalized spacial score (nSPS) is 8.64. The molecule has 0 aliphatic heterocycles. The minimum atomic E-state index is 0.815. The van der Waals surface area contributed by atoms with E-state index in [2.05, 4.69) is 33.8 Å². The second-order valence-electron chi connectivity index (χ2n) is 2.82. The van der Waals surface area contributed by atoms with Crippen LogP contribution in [-0.4, -0.2) is 0 Å². The Morgan fingerprint density at radius 2 is 1.45 bits per heavy atom. The van der Waals surface area contributed by atoms with E-state index in [1.807, 2.05) is 13.8 Å². The lowest BCUT2D eigenvalue weighted by Gasteiger charge is -2.05. The van der Waals surface area contributed by atoms with Crippen LogP contribution in [-0.2, 0) is 0 Å². The van der Waals surface area contributed by atoms with Gasteiger partial charge in [-0.3, -0.25) is 0 Å². The molecule has 0 fully saturated rings. The molecule has 0 saturated carbocycles. The summed E-state index contributed by atoms with van der Waals surface area (Å²) in [6, 6.07) is 0. The Morgan fingerprint density at radius 1 is 1.09 bits per heavy atom. The van der Waals surface area contributed by atoms with E-state index in [9.17, 15) is 0 Å². The smallest absolute Gasteiger partial charge is 0.0236 e. The highest BCUT2D eigenvalue weighted by Crippen LogP contribution is 2.10. The van der Waals surface area contributed by atoms with Gasteiger partial charge in [0.1, 0.15) is 0 Å². The van der Waals surface area contributed by atoms with Crippen LogP contribution in [0.5, 0.6) is 0 Å². The van der Waals surface area contributed by atoms with Gasteiger partial charge in [-0.2, -0.15) is 0 Å². The summed E-state index contributed by atoms with van der Waals surface area (Å²) < 4.78 is 0. The van der Waals surface area contributed by atoms with E-state index in [-0.39, 0.29) is 0 Å². The lowest BCUT2D eigenvalue weighted by Crippen LogP contribution is -1.90. The van der Waals surface area contributed by atoms with Gasteiger partial charge < -0.3 is 0 Å². The van der Waals surface area contributed by atoms with E-state index in [4.69, 9.17) is 0 Å². The summed E-state index contributed by atoms with van der Waals surface area (Å²) in [5.41, 5.74) is 1.45. The molecule has 68 valence electrons. The molecule has 0 spiro atoms. The fourth-order valence-corrected chi connectivity index (χ4v) is 0.996. The molecule has 0 aromatic rings. The molecule has 0 aliphatic carbocycles. The van der Waals surface area contributed by atoms with Crippen molar-refractivity contribution in [3.8, 4) is 0 Å². The van der Waals surface area contributed by atoms with Gasteiger partial charge in [-0.25, -0.2) is 0 Å². The van der Waals surface area contributed by atoms with Crippen molar-refractivity contribution in [2.45, 2.75) is 54.4 Å². The highest BCUT2D eigenvalue weighted by atomic mass is 14.0. The zero-order chi connectivity index (χ0) is 9.28. The van der Waals surface area contributed by atoms with Gasteiger partial charge in [0.15, 0.2) is 0 Å². The van der Waals surface area contributed by atoms with Crippen LogP contribution in [0.25, 0.3) is 0 Å². The Balaban J connectivity index is 0. The van der Waals surface area contributed by atoms with Gasteiger partial charge in [-0.15, -0.1) is 0 Å². The summed E-state index contributed by atoms with van der Waals surface area (Å²) in [7, 11) is 0.